The second kappa shape index (κ2) is 4.57. The number of hydrogen-bond acceptors (Lipinski definition) is 4. The van der Waals surface area contributed by atoms with E-state index in [0.29, 0.717) is 0 Å². The fraction of sp³-hybridized carbons (Fsp3) is 1.00. The first-order chi connectivity index (χ1) is 6.07. The van der Waals surface area contributed by atoms with Gasteiger partial charge >= 0.3 is 0 Å². The van der Waals surface area contributed by atoms with Gasteiger partial charge in [-0.3, -0.25) is 4.55 Å². The summed E-state index contributed by atoms with van der Waals surface area (Å²) in [7, 11) is -4.05. The van der Waals surface area contributed by atoms with Gasteiger partial charge in [-0.25, -0.2) is 0 Å². The quantitative estimate of drug-likeness (QED) is 0.575. The Labute approximate surface area is 84.5 Å². The van der Waals surface area contributed by atoms with E-state index in [2.05, 4.69) is 0 Å². The lowest BCUT2D eigenvalue weighted by molar-refractivity contribution is -0.0394. The average Bonchev–Trinajstić information content (AvgIpc) is 1.98. The third-order valence-corrected chi connectivity index (χ3v) is 3.34. The summed E-state index contributed by atoms with van der Waals surface area (Å²) in [6.07, 6.45) is -1.81. The molecule has 0 radical (unpaired) electrons. The predicted molar refractivity (Wildman–Crippen MR) is 52.5 cm³/mol. The Morgan fingerprint density at radius 1 is 1.29 bits per heavy atom. The molecule has 0 bridgehead atoms. The van der Waals surface area contributed by atoms with E-state index in [1.807, 2.05) is 0 Å². The fourth-order valence-corrected chi connectivity index (χ4v) is 1.43. The normalized spacial score (nSPS) is 17.9. The first-order valence-electron chi connectivity index (χ1n) is 4.38. The van der Waals surface area contributed by atoms with Crippen molar-refractivity contribution in [3.05, 3.63) is 0 Å². The van der Waals surface area contributed by atoms with Crippen LogP contribution < -0.4 is 0 Å². The lowest BCUT2D eigenvalue weighted by atomic mass is 9.80. The van der Waals surface area contributed by atoms with E-state index < -0.39 is 33.5 Å². The molecule has 0 saturated carbocycles. The third kappa shape index (κ3) is 4.36. The summed E-state index contributed by atoms with van der Waals surface area (Å²) in [4.78, 5) is 0. The molecule has 0 fully saturated rings. The van der Waals surface area contributed by atoms with Crippen molar-refractivity contribution in [2.45, 2.75) is 39.4 Å². The molecule has 0 spiro atoms. The highest BCUT2D eigenvalue weighted by Crippen LogP contribution is 2.27. The summed E-state index contributed by atoms with van der Waals surface area (Å²) in [5.74, 6) is -0.496. The molecule has 2 unspecified atom stereocenters. The molecule has 0 rings (SSSR count). The minimum Gasteiger partial charge on any atom is -0.393 e. The number of aliphatic hydroxyl groups is 2. The van der Waals surface area contributed by atoms with Crippen LogP contribution in [0.15, 0.2) is 0 Å². The van der Waals surface area contributed by atoms with Crippen molar-refractivity contribution in [1.82, 2.24) is 0 Å². The zero-order valence-corrected chi connectivity index (χ0v) is 9.45. The average molecular weight is 226 g/mol. The van der Waals surface area contributed by atoms with Crippen molar-refractivity contribution in [3.8, 4) is 0 Å². The SMILES string of the molecule is CC(O)C(C)(C)C(O)CCS(=O)(=O)O. The number of hydrogen-bond donors (Lipinski definition) is 3. The van der Waals surface area contributed by atoms with Gasteiger partial charge in [0.25, 0.3) is 10.1 Å². The second-order valence-corrected chi connectivity index (χ2v) is 5.66. The second-order valence-electron chi connectivity index (χ2n) is 4.09. The molecule has 0 aliphatic heterocycles. The van der Waals surface area contributed by atoms with Crippen molar-refractivity contribution in [1.29, 1.82) is 0 Å². The van der Waals surface area contributed by atoms with Gasteiger partial charge in [0.1, 0.15) is 0 Å². The molecular formula is C8H18O5S. The van der Waals surface area contributed by atoms with Crippen LogP contribution in [0.4, 0.5) is 0 Å². The lowest BCUT2D eigenvalue weighted by Crippen LogP contribution is -2.39. The van der Waals surface area contributed by atoms with Gasteiger partial charge < -0.3 is 10.2 Å². The van der Waals surface area contributed by atoms with Gasteiger partial charge in [0.2, 0.25) is 0 Å². The van der Waals surface area contributed by atoms with Crippen LogP contribution in [0.5, 0.6) is 0 Å². The summed E-state index contributed by atoms with van der Waals surface area (Å²) in [5.41, 5.74) is -0.787. The van der Waals surface area contributed by atoms with Gasteiger partial charge in [-0.15, -0.1) is 0 Å². The summed E-state index contributed by atoms with van der Waals surface area (Å²) in [5, 5.41) is 18.9. The molecule has 0 aromatic heterocycles. The van der Waals surface area contributed by atoms with Crippen LogP contribution in [-0.4, -0.2) is 41.1 Å². The summed E-state index contributed by atoms with van der Waals surface area (Å²) < 4.78 is 29.3. The molecule has 14 heavy (non-hydrogen) atoms. The van der Waals surface area contributed by atoms with E-state index in [4.69, 9.17) is 4.55 Å². The molecule has 0 aromatic rings. The van der Waals surface area contributed by atoms with Crippen LogP contribution in [0.2, 0.25) is 0 Å². The van der Waals surface area contributed by atoms with E-state index >= 15 is 0 Å². The van der Waals surface area contributed by atoms with Crippen molar-refractivity contribution in [2.75, 3.05) is 5.75 Å². The molecule has 6 heteroatoms. The van der Waals surface area contributed by atoms with E-state index in [1.165, 1.54) is 6.92 Å². The molecule has 0 aliphatic carbocycles. The number of aliphatic hydroxyl groups excluding tert-OH is 2. The van der Waals surface area contributed by atoms with Crippen LogP contribution in [-0.2, 0) is 10.1 Å². The van der Waals surface area contributed by atoms with Gasteiger partial charge in [0.15, 0.2) is 0 Å². The molecular weight excluding hydrogens is 208 g/mol. The van der Waals surface area contributed by atoms with Crippen molar-refractivity contribution in [3.63, 3.8) is 0 Å². The third-order valence-electron chi connectivity index (χ3n) is 2.58. The van der Waals surface area contributed by atoms with Crippen LogP contribution in [0, 0.1) is 5.41 Å². The molecule has 2 atom stereocenters. The highest BCUT2D eigenvalue weighted by molar-refractivity contribution is 7.85. The van der Waals surface area contributed by atoms with Gasteiger partial charge in [-0.05, 0) is 13.3 Å². The lowest BCUT2D eigenvalue weighted by Gasteiger charge is -2.33. The van der Waals surface area contributed by atoms with E-state index in [9.17, 15) is 18.6 Å². The Morgan fingerprint density at radius 3 is 2.00 bits per heavy atom. The van der Waals surface area contributed by atoms with E-state index in [-0.39, 0.29) is 6.42 Å². The van der Waals surface area contributed by atoms with Crippen molar-refractivity contribution < 1.29 is 23.2 Å². The predicted octanol–water partition coefficient (Wildman–Crippen LogP) is 0.0322. The summed E-state index contributed by atoms with van der Waals surface area (Å²) >= 11 is 0. The van der Waals surface area contributed by atoms with Crippen LogP contribution in [0.1, 0.15) is 27.2 Å². The summed E-state index contributed by atoms with van der Waals surface area (Å²) in [6.45, 7) is 4.79. The maximum Gasteiger partial charge on any atom is 0.264 e. The largest absolute Gasteiger partial charge is 0.393 e. The highest BCUT2D eigenvalue weighted by atomic mass is 32.2. The smallest absolute Gasteiger partial charge is 0.264 e. The highest BCUT2D eigenvalue weighted by Gasteiger charge is 2.33. The molecule has 86 valence electrons. The fourth-order valence-electron chi connectivity index (χ4n) is 0.911. The van der Waals surface area contributed by atoms with Gasteiger partial charge in [0.05, 0.1) is 18.0 Å². The van der Waals surface area contributed by atoms with Crippen LogP contribution in [0.25, 0.3) is 0 Å². The minimum absolute atomic E-state index is 0.0866. The molecule has 0 saturated heterocycles. The first-order valence-corrected chi connectivity index (χ1v) is 5.99. The van der Waals surface area contributed by atoms with Crippen molar-refractivity contribution in [2.24, 2.45) is 5.41 Å². The first kappa shape index (κ1) is 13.8. The van der Waals surface area contributed by atoms with Gasteiger partial charge in [0, 0.05) is 5.41 Å². The maximum absolute atomic E-state index is 10.4. The molecule has 5 nitrogen and oxygen atoms in total. The molecule has 0 aromatic carbocycles. The Balaban J connectivity index is 4.29. The Hall–Kier alpha value is -0.170. The molecule has 0 heterocycles. The van der Waals surface area contributed by atoms with Crippen molar-refractivity contribution >= 4 is 10.1 Å². The topological polar surface area (TPSA) is 94.8 Å². The monoisotopic (exact) mass is 226 g/mol. The van der Waals surface area contributed by atoms with E-state index in [1.54, 1.807) is 13.8 Å². The zero-order valence-electron chi connectivity index (χ0n) is 8.64. The van der Waals surface area contributed by atoms with Crippen LogP contribution >= 0.6 is 0 Å². The minimum atomic E-state index is -4.05. The molecule has 3 N–H and O–H groups in total. The van der Waals surface area contributed by atoms with Crippen LogP contribution in [0.3, 0.4) is 0 Å². The Kier molecular flexibility index (Phi) is 4.51. The van der Waals surface area contributed by atoms with E-state index in [0.717, 1.165) is 0 Å². The Morgan fingerprint density at radius 2 is 1.71 bits per heavy atom. The number of rotatable bonds is 5. The van der Waals surface area contributed by atoms with Gasteiger partial charge in [-0.1, -0.05) is 13.8 Å². The zero-order chi connectivity index (χ0) is 11.6. The van der Waals surface area contributed by atoms with Gasteiger partial charge in [-0.2, -0.15) is 8.42 Å². The Bertz CT molecular complexity index is 267. The summed E-state index contributed by atoms with van der Waals surface area (Å²) in [6, 6.07) is 0. The maximum atomic E-state index is 10.4. The molecule has 0 aliphatic rings. The standard InChI is InChI=1S/C8H18O5S/c1-6(9)8(2,3)7(10)4-5-14(11,12)13/h6-7,9-10H,4-5H2,1-3H3,(H,11,12,13). The molecule has 0 amide bonds.